The Morgan fingerprint density at radius 2 is 1.00 bits per heavy atom. The Hall–Kier alpha value is -0.610. The maximum absolute atomic E-state index is 12.1. The van der Waals surface area contributed by atoms with Gasteiger partial charge in [0.15, 0.2) is 0 Å². The van der Waals surface area contributed by atoms with Gasteiger partial charge < -0.3 is 15.5 Å². The van der Waals surface area contributed by atoms with Gasteiger partial charge in [-0.05, 0) is 12.8 Å². The Labute approximate surface area is 200 Å². The van der Waals surface area contributed by atoms with Gasteiger partial charge in [-0.2, -0.15) is 0 Å². The molecule has 0 aromatic rings. The maximum Gasteiger partial charge on any atom is 0.220 e. The molecular formula is C28H57NO3. The second-order valence-electron chi connectivity index (χ2n) is 9.83. The van der Waals surface area contributed by atoms with Gasteiger partial charge >= 0.3 is 0 Å². The van der Waals surface area contributed by atoms with E-state index in [4.69, 9.17) is 0 Å². The number of carbonyl (C=O) groups is 1. The molecule has 4 nitrogen and oxygen atoms in total. The quantitative estimate of drug-likeness (QED) is 0.125. The molecule has 0 spiro atoms. The Balaban J connectivity index is 3.45. The van der Waals surface area contributed by atoms with Gasteiger partial charge in [-0.3, -0.25) is 4.79 Å². The monoisotopic (exact) mass is 455 g/mol. The van der Waals surface area contributed by atoms with E-state index in [1.165, 1.54) is 96.3 Å². The first kappa shape index (κ1) is 31.4. The first-order valence-electron chi connectivity index (χ1n) is 14.2. The van der Waals surface area contributed by atoms with E-state index >= 15 is 0 Å². The van der Waals surface area contributed by atoms with Crippen LogP contribution in [0.2, 0.25) is 0 Å². The second-order valence-corrected chi connectivity index (χ2v) is 9.83. The zero-order valence-corrected chi connectivity index (χ0v) is 21.7. The molecule has 1 amide bonds. The highest BCUT2D eigenvalue weighted by atomic mass is 16.3. The van der Waals surface area contributed by atoms with Crippen molar-refractivity contribution in [2.45, 2.75) is 167 Å². The lowest BCUT2D eigenvalue weighted by Crippen LogP contribution is -2.45. The van der Waals surface area contributed by atoms with E-state index in [1.807, 2.05) is 0 Å². The van der Waals surface area contributed by atoms with Crippen molar-refractivity contribution in [3.8, 4) is 0 Å². The third-order valence-corrected chi connectivity index (χ3v) is 6.62. The smallest absolute Gasteiger partial charge is 0.220 e. The van der Waals surface area contributed by atoms with Crippen LogP contribution in [0, 0.1) is 0 Å². The van der Waals surface area contributed by atoms with Crippen molar-refractivity contribution < 1.29 is 15.0 Å². The molecule has 2 atom stereocenters. The second kappa shape index (κ2) is 25.0. The highest BCUT2D eigenvalue weighted by Crippen LogP contribution is 2.14. The zero-order valence-electron chi connectivity index (χ0n) is 21.7. The predicted octanol–water partition coefficient (Wildman–Crippen LogP) is 7.45. The molecular weight excluding hydrogens is 398 g/mol. The van der Waals surface area contributed by atoms with Crippen LogP contribution in [0.5, 0.6) is 0 Å². The SMILES string of the molecule is CCCCCCCCCCCCCCCCCCC(=O)NC(CO)C(O)CCCCCC. The lowest BCUT2D eigenvalue weighted by molar-refractivity contribution is -0.123. The summed E-state index contributed by atoms with van der Waals surface area (Å²) in [7, 11) is 0. The molecule has 3 N–H and O–H groups in total. The average Bonchev–Trinajstić information content (AvgIpc) is 2.79. The third-order valence-electron chi connectivity index (χ3n) is 6.62. The minimum Gasteiger partial charge on any atom is -0.394 e. The molecule has 0 aromatic carbocycles. The lowest BCUT2D eigenvalue weighted by Gasteiger charge is -2.22. The fourth-order valence-electron chi connectivity index (χ4n) is 4.36. The Morgan fingerprint density at radius 1 is 0.625 bits per heavy atom. The summed E-state index contributed by atoms with van der Waals surface area (Å²) < 4.78 is 0. The molecule has 0 aliphatic rings. The number of aliphatic hydroxyl groups excluding tert-OH is 2. The van der Waals surface area contributed by atoms with E-state index in [0.717, 1.165) is 32.1 Å². The fourth-order valence-corrected chi connectivity index (χ4v) is 4.36. The number of unbranched alkanes of at least 4 members (excludes halogenated alkanes) is 18. The summed E-state index contributed by atoms with van der Waals surface area (Å²) in [6.45, 7) is 4.24. The Morgan fingerprint density at radius 3 is 1.41 bits per heavy atom. The van der Waals surface area contributed by atoms with Crippen molar-refractivity contribution >= 4 is 5.91 Å². The molecule has 0 saturated heterocycles. The minimum atomic E-state index is -0.647. The van der Waals surface area contributed by atoms with Gasteiger partial charge in [0.2, 0.25) is 5.91 Å². The molecule has 0 bridgehead atoms. The van der Waals surface area contributed by atoms with E-state index < -0.39 is 12.1 Å². The maximum atomic E-state index is 12.1. The molecule has 0 aromatic heterocycles. The predicted molar refractivity (Wildman–Crippen MR) is 138 cm³/mol. The number of hydrogen-bond donors (Lipinski definition) is 3. The summed E-state index contributed by atoms with van der Waals surface area (Å²) in [5.74, 6) is -0.0398. The van der Waals surface area contributed by atoms with Crippen LogP contribution in [0.3, 0.4) is 0 Å². The molecule has 0 saturated carbocycles. The van der Waals surface area contributed by atoms with Gasteiger partial charge in [-0.15, -0.1) is 0 Å². The average molecular weight is 456 g/mol. The van der Waals surface area contributed by atoms with E-state index in [0.29, 0.717) is 12.8 Å². The molecule has 192 valence electrons. The Bertz CT molecular complexity index is 389. The summed E-state index contributed by atoms with van der Waals surface area (Å²) in [4.78, 5) is 12.1. The van der Waals surface area contributed by atoms with Gasteiger partial charge in [0.25, 0.3) is 0 Å². The van der Waals surface area contributed by atoms with E-state index in [2.05, 4.69) is 19.2 Å². The summed E-state index contributed by atoms with van der Waals surface area (Å²) in [6.07, 6.45) is 26.0. The van der Waals surface area contributed by atoms with Crippen molar-refractivity contribution in [2.24, 2.45) is 0 Å². The first-order chi connectivity index (χ1) is 15.7. The van der Waals surface area contributed by atoms with E-state index in [-0.39, 0.29) is 12.5 Å². The lowest BCUT2D eigenvalue weighted by atomic mass is 10.0. The van der Waals surface area contributed by atoms with E-state index in [9.17, 15) is 15.0 Å². The van der Waals surface area contributed by atoms with Crippen LogP contribution in [-0.2, 0) is 4.79 Å². The van der Waals surface area contributed by atoms with Crippen molar-refractivity contribution in [2.75, 3.05) is 6.61 Å². The highest BCUT2D eigenvalue weighted by molar-refractivity contribution is 5.76. The molecule has 32 heavy (non-hydrogen) atoms. The molecule has 0 aliphatic heterocycles. The van der Waals surface area contributed by atoms with Crippen molar-refractivity contribution in [3.05, 3.63) is 0 Å². The van der Waals surface area contributed by atoms with Crippen LogP contribution in [-0.4, -0.2) is 34.9 Å². The Kier molecular flexibility index (Phi) is 24.5. The molecule has 0 heterocycles. The summed E-state index contributed by atoms with van der Waals surface area (Å²) in [5, 5.41) is 22.5. The number of amides is 1. The van der Waals surface area contributed by atoms with Gasteiger partial charge in [0.1, 0.15) is 0 Å². The summed E-state index contributed by atoms with van der Waals surface area (Å²) in [5.41, 5.74) is 0. The van der Waals surface area contributed by atoms with Crippen molar-refractivity contribution in [1.82, 2.24) is 5.32 Å². The molecule has 2 unspecified atom stereocenters. The van der Waals surface area contributed by atoms with Gasteiger partial charge in [0, 0.05) is 6.42 Å². The largest absolute Gasteiger partial charge is 0.394 e. The normalized spacial score (nSPS) is 13.2. The zero-order chi connectivity index (χ0) is 23.7. The van der Waals surface area contributed by atoms with Crippen LogP contribution in [0.15, 0.2) is 0 Å². The van der Waals surface area contributed by atoms with Gasteiger partial charge in [-0.25, -0.2) is 0 Å². The van der Waals surface area contributed by atoms with Gasteiger partial charge in [0.05, 0.1) is 18.8 Å². The van der Waals surface area contributed by atoms with Crippen LogP contribution >= 0.6 is 0 Å². The highest BCUT2D eigenvalue weighted by Gasteiger charge is 2.19. The van der Waals surface area contributed by atoms with Crippen LogP contribution in [0.1, 0.15) is 155 Å². The molecule has 0 aliphatic carbocycles. The molecule has 0 rings (SSSR count). The summed E-state index contributed by atoms with van der Waals surface area (Å²) >= 11 is 0. The number of hydrogen-bond acceptors (Lipinski definition) is 3. The molecule has 0 fully saturated rings. The van der Waals surface area contributed by atoms with Gasteiger partial charge in [-0.1, -0.05) is 136 Å². The number of carbonyl (C=O) groups excluding carboxylic acids is 1. The fraction of sp³-hybridized carbons (Fsp3) is 0.964. The van der Waals surface area contributed by atoms with Crippen molar-refractivity contribution in [1.29, 1.82) is 0 Å². The molecule has 4 heteroatoms. The van der Waals surface area contributed by atoms with Crippen LogP contribution < -0.4 is 5.32 Å². The third kappa shape index (κ3) is 21.2. The van der Waals surface area contributed by atoms with Crippen LogP contribution in [0.4, 0.5) is 0 Å². The number of nitrogens with one attached hydrogen (secondary N) is 1. The van der Waals surface area contributed by atoms with Crippen LogP contribution in [0.25, 0.3) is 0 Å². The van der Waals surface area contributed by atoms with E-state index in [1.54, 1.807) is 0 Å². The molecule has 0 radical (unpaired) electrons. The van der Waals surface area contributed by atoms with Crippen molar-refractivity contribution in [3.63, 3.8) is 0 Å². The number of rotatable bonds is 25. The minimum absolute atomic E-state index is 0.0398. The summed E-state index contributed by atoms with van der Waals surface area (Å²) in [6, 6.07) is -0.523. The number of aliphatic hydroxyl groups is 2. The first-order valence-corrected chi connectivity index (χ1v) is 14.2. The topological polar surface area (TPSA) is 69.6 Å². The standard InChI is InChI=1S/C28H57NO3/c1-3-5-7-9-10-11-12-13-14-15-16-17-18-19-20-22-24-28(32)29-26(25-30)27(31)23-21-8-6-4-2/h26-27,30-31H,3-25H2,1-2H3,(H,29,32).